The number of carbonyl (C=O) groups excluding carboxylic acids is 1. The largest absolute Gasteiger partial charge is 0.492 e. The van der Waals surface area contributed by atoms with Gasteiger partial charge in [0, 0.05) is 18.4 Å². The fourth-order valence-electron chi connectivity index (χ4n) is 2.37. The first kappa shape index (κ1) is 18.2. The molecule has 2 aromatic rings. The van der Waals surface area contributed by atoms with Crippen LogP contribution >= 0.6 is 15.9 Å². The molecule has 0 aliphatic rings. The maximum Gasteiger partial charge on any atom is 0.325 e. The van der Waals surface area contributed by atoms with Crippen molar-refractivity contribution in [3.05, 3.63) is 35.0 Å². The number of halogens is 1. The number of fused-ring (bicyclic) bond motifs is 1. The fraction of sp³-hybridized carbons (Fsp3) is 0.353. The Labute approximate surface area is 148 Å². The van der Waals surface area contributed by atoms with Crippen molar-refractivity contribution in [1.29, 1.82) is 0 Å². The number of allylic oxidation sites excluding steroid dienone is 1. The van der Waals surface area contributed by atoms with Gasteiger partial charge in [-0.25, -0.2) is 0 Å². The molecule has 0 amide bonds. The molecule has 0 aliphatic heterocycles. The second kappa shape index (κ2) is 8.10. The third-order valence-corrected chi connectivity index (χ3v) is 4.10. The van der Waals surface area contributed by atoms with Crippen LogP contribution in [0.4, 0.5) is 0 Å². The van der Waals surface area contributed by atoms with Crippen LogP contribution in [0, 0.1) is 0 Å². The van der Waals surface area contributed by atoms with E-state index in [1.54, 1.807) is 12.1 Å². The van der Waals surface area contributed by atoms with Gasteiger partial charge in [0.05, 0.1) is 16.6 Å². The Morgan fingerprint density at radius 1 is 1.42 bits per heavy atom. The Morgan fingerprint density at radius 3 is 2.79 bits per heavy atom. The summed E-state index contributed by atoms with van der Waals surface area (Å²) in [5.74, 6) is -0.638. The molecular weight excluding hydrogens is 376 g/mol. The SMILES string of the molecule is C=CCCCCOc1cc2c(cc1Br)c(C(C)=O)nn2CC(=O)O. The molecule has 6 nitrogen and oxygen atoms in total. The van der Waals surface area contributed by atoms with Crippen LogP contribution in [0.3, 0.4) is 0 Å². The lowest BCUT2D eigenvalue weighted by molar-refractivity contribution is -0.137. The molecule has 0 atom stereocenters. The Bertz CT molecular complexity index is 782. The summed E-state index contributed by atoms with van der Waals surface area (Å²) >= 11 is 3.44. The van der Waals surface area contributed by atoms with E-state index in [-0.39, 0.29) is 18.0 Å². The van der Waals surface area contributed by atoms with Crippen LogP contribution in [0.2, 0.25) is 0 Å². The molecule has 24 heavy (non-hydrogen) atoms. The van der Waals surface area contributed by atoms with Crippen LogP contribution in [0.5, 0.6) is 5.75 Å². The van der Waals surface area contributed by atoms with E-state index in [1.807, 2.05) is 6.08 Å². The van der Waals surface area contributed by atoms with E-state index < -0.39 is 5.97 Å². The number of ether oxygens (including phenoxy) is 1. The normalized spacial score (nSPS) is 10.8. The van der Waals surface area contributed by atoms with Gasteiger partial charge in [-0.2, -0.15) is 5.10 Å². The molecule has 1 N–H and O–H groups in total. The average Bonchev–Trinajstić information content (AvgIpc) is 2.84. The topological polar surface area (TPSA) is 81.4 Å². The van der Waals surface area contributed by atoms with E-state index in [1.165, 1.54) is 11.6 Å². The minimum Gasteiger partial charge on any atom is -0.492 e. The number of rotatable bonds is 9. The number of nitrogens with zero attached hydrogens (tertiary/aromatic N) is 2. The predicted molar refractivity (Wildman–Crippen MR) is 94.6 cm³/mol. The Kier molecular flexibility index (Phi) is 6.14. The average molecular weight is 395 g/mol. The minimum absolute atomic E-state index is 0.214. The summed E-state index contributed by atoms with van der Waals surface area (Å²) in [6, 6.07) is 3.46. The second-order valence-electron chi connectivity index (χ2n) is 5.39. The van der Waals surface area contributed by atoms with Gasteiger partial charge in [-0.3, -0.25) is 14.3 Å². The van der Waals surface area contributed by atoms with Crippen molar-refractivity contribution in [2.75, 3.05) is 6.61 Å². The number of carboxylic acid groups (broad SMARTS) is 1. The highest BCUT2D eigenvalue weighted by Crippen LogP contribution is 2.32. The van der Waals surface area contributed by atoms with Crippen LogP contribution in [0.25, 0.3) is 10.9 Å². The molecule has 0 saturated carbocycles. The van der Waals surface area contributed by atoms with E-state index in [0.29, 0.717) is 27.7 Å². The number of hydrogen-bond donors (Lipinski definition) is 1. The zero-order valence-electron chi connectivity index (χ0n) is 13.4. The van der Waals surface area contributed by atoms with Crippen molar-refractivity contribution in [2.45, 2.75) is 32.7 Å². The zero-order valence-corrected chi connectivity index (χ0v) is 15.0. The summed E-state index contributed by atoms with van der Waals surface area (Å²) in [5.41, 5.74) is 0.816. The molecule has 1 heterocycles. The van der Waals surface area contributed by atoms with Crippen LogP contribution in [-0.4, -0.2) is 33.2 Å². The lowest BCUT2D eigenvalue weighted by Crippen LogP contribution is -2.10. The highest BCUT2D eigenvalue weighted by Gasteiger charge is 2.18. The number of carbonyl (C=O) groups is 2. The lowest BCUT2D eigenvalue weighted by Gasteiger charge is -2.09. The first-order valence-corrected chi connectivity index (χ1v) is 8.39. The van der Waals surface area contributed by atoms with Gasteiger partial charge in [-0.15, -0.1) is 6.58 Å². The number of aliphatic carboxylic acids is 1. The minimum atomic E-state index is -1.02. The zero-order chi connectivity index (χ0) is 17.7. The van der Waals surface area contributed by atoms with Crippen molar-refractivity contribution in [3.63, 3.8) is 0 Å². The molecule has 128 valence electrons. The molecule has 0 saturated heterocycles. The lowest BCUT2D eigenvalue weighted by atomic mass is 10.1. The molecule has 2 rings (SSSR count). The summed E-state index contributed by atoms with van der Waals surface area (Å²) in [6.45, 7) is 5.32. The van der Waals surface area contributed by atoms with Crippen LogP contribution in [-0.2, 0) is 11.3 Å². The molecule has 1 aromatic carbocycles. The maximum atomic E-state index is 11.7. The maximum absolute atomic E-state index is 11.7. The summed E-state index contributed by atoms with van der Waals surface area (Å²) in [4.78, 5) is 22.8. The molecule has 0 bridgehead atoms. The van der Waals surface area contributed by atoms with E-state index in [4.69, 9.17) is 9.84 Å². The summed E-state index contributed by atoms with van der Waals surface area (Å²) in [7, 11) is 0. The van der Waals surface area contributed by atoms with Gasteiger partial charge >= 0.3 is 5.97 Å². The van der Waals surface area contributed by atoms with Crippen LogP contribution in [0.1, 0.15) is 36.7 Å². The Hall–Kier alpha value is -2.15. The third-order valence-electron chi connectivity index (χ3n) is 3.48. The number of unbranched alkanes of at least 4 members (excludes halogenated alkanes) is 2. The first-order chi connectivity index (χ1) is 11.4. The van der Waals surface area contributed by atoms with E-state index in [2.05, 4.69) is 27.6 Å². The van der Waals surface area contributed by atoms with Gasteiger partial charge in [-0.05, 0) is 41.3 Å². The molecule has 0 spiro atoms. The molecule has 0 aliphatic carbocycles. The molecular formula is C17H19BrN2O4. The third kappa shape index (κ3) is 4.23. The van der Waals surface area contributed by atoms with Gasteiger partial charge in [0.15, 0.2) is 5.78 Å². The standard InChI is InChI=1S/C17H19BrN2O4/c1-3-4-5-6-7-24-15-9-14-12(8-13(15)18)17(11(2)21)19-20(14)10-16(22)23/h3,8-9H,1,4-7,10H2,2H3,(H,22,23). The number of benzene rings is 1. The first-order valence-electron chi connectivity index (χ1n) is 7.60. The van der Waals surface area contributed by atoms with Gasteiger partial charge in [0.25, 0.3) is 0 Å². The van der Waals surface area contributed by atoms with Crippen molar-refractivity contribution < 1.29 is 19.4 Å². The van der Waals surface area contributed by atoms with Crippen LogP contribution < -0.4 is 4.74 Å². The summed E-state index contributed by atoms with van der Waals surface area (Å²) in [5, 5.41) is 13.8. The Balaban J connectivity index is 2.33. The Morgan fingerprint density at radius 2 is 2.17 bits per heavy atom. The van der Waals surface area contributed by atoms with E-state index in [9.17, 15) is 9.59 Å². The summed E-state index contributed by atoms with van der Waals surface area (Å²) in [6.07, 6.45) is 4.70. The number of Topliss-reactive ketones (excluding diaryl/α,β-unsaturated/α-hetero) is 1. The monoisotopic (exact) mass is 394 g/mol. The highest BCUT2D eigenvalue weighted by molar-refractivity contribution is 9.10. The number of ketones is 1. The van der Waals surface area contributed by atoms with Gasteiger partial charge in [0.1, 0.15) is 18.0 Å². The second-order valence-corrected chi connectivity index (χ2v) is 6.24. The van der Waals surface area contributed by atoms with Crippen molar-refractivity contribution in [1.82, 2.24) is 9.78 Å². The number of hydrogen-bond acceptors (Lipinski definition) is 4. The number of aromatic nitrogens is 2. The van der Waals surface area contributed by atoms with E-state index >= 15 is 0 Å². The van der Waals surface area contributed by atoms with E-state index in [0.717, 1.165) is 19.3 Å². The molecule has 1 aromatic heterocycles. The van der Waals surface area contributed by atoms with Crippen molar-refractivity contribution >= 4 is 38.6 Å². The fourth-order valence-corrected chi connectivity index (χ4v) is 2.82. The van der Waals surface area contributed by atoms with Gasteiger partial charge in [0.2, 0.25) is 0 Å². The van der Waals surface area contributed by atoms with Gasteiger partial charge < -0.3 is 9.84 Å². The molecule has 0 unspecified atom stereocenters. The summed E-state index contributed by atoms with van der Waals surface area (Å²) < 4.78 is 7.78. The highest BCUT2D eigenvalue weighted by atomic mass is 79.9. The predicted octanol–water partition coefficient (Wildman–Crippen LogP) is 3.82. The molecule has 0 fully saturated rings. The molecule has 0 radical (unpaired) electrons. The van der Waals surface area contributed by atoms with Crippen LogP contribution in [0.15, 0.2) is 29.3 Å². The smallest absolute Gasteiger partial charge is 0.325 e. The van der Waals surface area contributed by atoms with Crippen molar-refractivity contribution in [2.24, 2.45) is 0 Å². The van der Waals surface area contributed by atoms with Crippen molar-refractivity contribution in [3.8, 4) is 5.75 Å². The number of carboxylic acids is 1. The quantitative estimate of drug-likeness (QED) is 0.397. The van der Waals surface area contributed by atoms with Gasteiger partial charge in [-0.1, -0.05) is 6.08 Å². The molecule has 7 heteroatoms.